The van der Waals surface area contributed by atoms with Gasteiger partial charge in [-0.1, -0.05) is 6.92 Å². The maximum atomic E-state index is 5.02. The van der Waals surface area contributed by atoms with E-state index >= 15 is 0 Å². The highest BCUT2D eigenvalue weighted by Gasteiger charge is 2.12. The Bertz CT molecular complexity index is 339. The number of methoxy groups -OCH3 is 1. The van der Waals surface area contributed by atoms with Gasteiger partial charge in [-0.25, -0.2) is 0 Å². The van der Waals surface area contributed by atoms with Gasteiger partial charge < -0.3 is 10.1 Å². The summed E-state index contributed by atoms with van der Waals surface area (Å²) < 4.78 is 7.01. The molecule has 0 saturated heterocycles. The molecule has 1 rings (SSSR count). The van der Waals surface area contributed by atoms with Crippen molar-refractivity contribution in [3.63, 3.8) is 0 Å². The molecule has 1 aromatic rings. The minimum absolute atomic E-state index is 0.747. The molecule has 4 nitrogen and oxygen atoms in total. The largest absolute Gasteiger partial charge is 0.383 e. The number of aryl methyl sites for hydroxylation is 2. The molecular formula is C12H23N3OS. The number of hydrogen-bond donors (Lipinski definition) is 1. The highest BCUT2D eigenvalue weighted by molar-refractivity contribution is 7.99. The van der Waals surface area contributed by atoms with E-state index in [0.29, 0.717) is 0 Å². The first-order valence-corrected chi connectivity index (χ1v) is 7.04. The molecule has 1 N–H and O–H groups in total. The quantitative estimate of drug-likeness (QED) is 0.571. The van der Waals surface area contributed by atoms with Crippen LogP contribution < -0.4 is 5.32 Å². The minimum atomic E-state index is 0.747. The molecule has 0 aromatic carbocycles. The lowest BCUT2D eigenvalue weighted by Crippen LogP contribution is -2.19. The van der Waals surface area contributed by atoms with E-state index in [2.05, 4.69) is 24.3 Å². The molecule has 0 fully saturated rings. The smallest absolute Gasteiger partial charge is 0.0984 e. The third-order valence-electron chi connectivity index (χ3n) is 2.52. The van der Waals surface area contributed by atoms with Crippen LogP contribution in [0.25, 0.3) is 0 Å². The van der Waals surface area contributed by atoms with Gasteiger partial charge >= 0.3 is 0 Å². The van der Waals surface area contributed by atoms with Crippen LogP contribution in [0.4, 0.5) is 0 Å². The summed E-state index contributed by atoms with van der Waals surface area (Å²) in [5.74, 6) is 1.14. The maximum Gasteiger partial charge on any atom is 0.0984 e. The Morgan fingerprint density at radius 3 is 2.88 bits per heavy atom. The maximum absolute atomic E-state index is 5.02. The van der Waals surface area contributed by atoms with Crippen molar-refractivity contribution in [2.24, 2.45) is 7.05 Å². The van der Waals surface area contributed by atoms with Gasteiger partial charge in [0.05, 0.1) is 17.3 Å². The molecule has 1 heterocycles. The van der Waals surface area contributed by atoms with Crippen LogP contribution >= 0.6 is 11.8 Å². The van der Waals surface area contributed by atoms with Crippen LogP contribution in [-0.2, 0) is 18.3 Å². The molecule has 0 saturated carbocycles. The van der Waals surface area contributed by atoms with Gasteiger partial charge in [-0.2, -0.15) is 5.10 Å². The lowest BCUT2D eigenvalue weighted by Gasteiger charge is -2.07. The second kappa shape index (κ2) is 7.74. The van der Waals surface area contributed by atoms with Crippen molar-refractivity contribution in [2.75, 3.05) is 26.0 Å². The molecule has 0 spiro atoms. The monoisotopic (exact) mass is 257 g/mol. The molecule has 0 aliphatic rings. The van der Waals surface area contributed by atoms with Crippen molar-refractivity contribution in [3.8, 4) is 0 Å². The average Bonchev–Trinajstić information content (AvgIpc) is 2.57. The van der Waals surface area contributed by atoms with Crippen LogP contribution in [0.1, 0.15) is 24.6 Å². The van der Waals surface area contributed by atoms with Gasteiger partial charge in [0.15, 0.2) is 0 Å². The number of ether oxygens (including phenoxy) is 1. The molecule has 0 amide bonds. The molecule has 17 heavy (non-hydrogen) atoms. The van der Waals surface area contributed by atoms with E-state index in [1.54, 1.807) is 7.11 Å². The normalized spacial score (nSPS) is 11.1. The number of aromatic nitrogens is 2. The van der Waals surface area contributed by atoms with Crippen molar-refractivity contribution >= 4 is 11.8 Å². The van der Waals surface area contributed by atoms with Crippen LogP contribution in [0, 0.1) is 6.92 Å². The predicted molar refractivity (Wildman–Crippen MR) is 72.5 cm³/mol. The summed E-state index contributed by atoms with van der Waals surface area (Å²) >= 11 is 1.89. The van der Waals surface area contributed by atoms with Crippen molar-refractivity contribution in [2.45, 2.75) is 31.8 Å². The van der Waals surface area contributed by atoms with Gasteiger partial charge in [-0.15, -0.1) is 11.8 Å². The van der Waals surface area contributed by atoms with E-state index in [9.17, 15) is 0 Å². The van der Waals surface area contributed by atoms with Crippen LogP contribution in [0.15, 0.2) is 5.03 Å². The topological polar surface area (TPSA) is 39.1 Å². The number of hydrogen-bond acceptors (Lipinski definition) is 4. The van der Waals surface area contributed by atoms with Gasteiger partial charge in [-0.3, -0.25) is 4.68 Å². The number of nitrogens with one attached hydrogen (secondary N) is 1. The van der Waals surface area contributed by atoms with Crippen molar-refractivity contribution in [1.29, 1.82) is 0 Å². The second-order valence-corrected chi connectivity index (χ2v) is 5.09. The van der Waals surface area contributed by atoms with Crippen molar-refractivity contribution < 1.29 is 4.74 Å². The second-order valence-electron chi connectivity index (χ2n) is 4.01. The predicted octanol–water partition coefficient (Wildman–Crippen LogP) is 1.97. The van der Waals surface area contributed by atoms with E-state index in [1.165, 1.54) is 17.0 Å². The highest BCUT2D eigenvalue weighted by Crippen LogP contribution is 2.25. The summed E-state index contributed by atoms with van der Waals surface area (Å²) in [6, 6.07) is 0. The average molecular weight is 257 g/mol. The van der Waals surface area contributed by atoms with E-state index in [4.69, 9.17) is 4.74 Å². The Hall–Kier alpha value is -0.520. The lowest BCUT2D eigenvalue weighted by atomic mass is 10.2. The Labute approximate surface area is 108 Å². The number of rotatable bonds is 8. The third kappa shape index (κ3) is 4.33. The first-order chi connectivity index (χ1) is 8.20. The fourth-order valence-corrected chi connectivity index (χ4v) is 2.67. The van der Waals surface area contributed by atoms with Crippen LogP contribution in [0.3, 0.4) is 0 Å². The fraction of sp³-hybridized carbons (Fsp3) is 0.750. The zero-order valence-electron chi connectivity index (χ0n) is 11.2. The molecule has 0 bridgehead atoms. The molecule has 5 heteroatoms. The summed E-state index contributed by atoms with van der Waals surface area (Å²) in [5, 5.41) is 9.16. The van der Waals surface area contributed by atoms with Crippen LogP contribution in [-0.4, -0.2) is 35.8 Å². The molecular weight excluding hydrogens is 234 g/mol. The molecule has 0 unspecified atom stereocenters. The third-order valence-corrected chi connectivity index (χ3v) is 3.91. The van der Waals surface area contributed by atoms with Crippen LogP contribution in [0.5, 0.6) is 0 Å². The Morgan fingerprint density at radius 1 is 1.47 bits per heavy atom. The summed E-state index contributed by atoms with van der Waals surface area (Å²) in [7, 11) is 3.74. The first-order valence-electron chi connectivity index (χ1n) is 6.05. The van der Waals surface area contributed by atoms with E-state index in [0.717, 1.165) is 31.1 Å². The van der Waals surface area contributed by atoms with Gasteiger partial charge in [0.2, 0.25) is 0 Å². The lowest BCUT2D eigenvalue weighted by molar-refractivity contribution is 0.199. The van der Waals surface area contributed by atoms with E-state index in [-0.39, 0.29) is 0 Å². The molecule has 0 aliphatic heterocycles. The van der Waals surface area contributed by atoms with Gasteiger partial charge in [0, 0.05) is 32.8 Å². The number of thioether (sulfide) groups is 1. The molecule has 1 aromatic heterocycles. The standard InChI is InChI=1S/C12H23N3OS/c1-5-8-17-12-11(9-13-6-7-16-4)10(2)14-15(12)3/h13H,5-9H2,1-4H3. The highest BCUT2D eigenvalue weighted by atomic mass is 32.2. The van der Waals surface area contributed by atoms with Crippen molar-refractivity contribution in [3.05, 3.63) is 11.3 Å². The summed E-state index contributed by atoms with van der Waals surface area (Å²) in [6.07, 6.45) is 1.19. The van der Waals surface area contributed by atoms with Gasteiger partial charge in [0.25, 0.3) is 0 Å². The minimum Gasteiger partial charge on any atom is -0.383 e. The van der Waals surface area contributed by atoms with E-state index < -0.39 is 0 Å². The summed E-state index contributed by atoms with van der Waals surface area (Å²) in [5.41, 5.74) is 2.44. The fourth-order valence-electron chi connectivity index (χ4n) is 1.65. The Morgan fingerprint density at radius 2 is 2.24 bits per heavy atom. The van der Waals surface area contributed by atoms with Gasteiger partial charge in [0.1, 0.15) is 0 Å². The number of nitrogens with zero attached hydrogens (tertiary/aromatic N) is 2. The Kier molecular flexibility index (Phi) is 6.62. The molecule has 0 atom stereocenters. The summed E-state index contributed by atoms with van der Waals surface area (Å²) in [6.45, 7) is 6.77. The molecule has 98 valence electrons. The van der Waals surface area contributed by atoms with E-state index in [1.807, 2.05) is 23.5 Å². The van der Waals surface area contributed by atoms with Crippen LogP contribution in [0.2, 0.25) is 0 Å². The Balaban J connectivity index is 2.61. The molecule has 0 aliphatic carbocycles. The molecule has 0 radical (unpaired) electrons. The zero-order chi connectivity index (χ0) is 12.7. The van der Waals surface area contributed by atoms with Gasteiger partial charge in [-0.05, 0) is 19.1 Å². The summed E-state index contributed by atoms with van der Waals surface area (Å²) in [4.78, 5) is 0. The SMILES string of the molecule is CCCSc1c(CNCCOC)c(C)nn1C. The first kappa shape index (κ1) is 14.5. The zero-order valence-corrected chi connectivity index (χ0v) is 12.1. The van der Waals surface area contributed by atoms with Crippen molar-refractivity contribution in [1.82, 2.24) is 15.1 Å².